The zero-order valence-corrected chi connectivity index (χ0v) is 12.8. The molecule has 0 heterocycles. The highest BCUT2D eigenvalue weighted by atomic mass is 16.7. The van der Waals surface area contributed by atoms with Crippen LogP contribution in [0, 0.1) is 0 Å². The Hall–Kier alpha value is -2.13. The fraction of sp³-hybridized carbons (Fsp3) is 0.316. The maximum absolute atomic E-state index is 11.6. The molecular weight excluding hydrogens is 276 g/mol. The first kappa shape index (κ1) is 14.8. The fourth-order valence-electron chi connectivity index (χ4n) is 2.95. The number of ether oxygens (including phenoxy) is 2. The first-order valence-electron chi connectivity index (χ1n) is 7.61. The summed E-state index contributed by atoms with van der Waals surface area (Å²) in [6.07, 6.45) is 4.44. The maximum atomic E-state index is 11.6. The Morgan fingerprint density at radius 1 is 0.909 bits per heavy atom. The van der Waals surface area contributed by atoms with Crippen molar-refractivity contribution in [3.05, 3.63) is 64.2 Å². The van der Waals surface area contributed by atoms with Crippen molar-refractivity contribution >= 4 is 6.29 Å². The molecule has 4 aliphatic rings. The molecule has 0 fully saturated rings. The molecule has 4 bridgehead atoms. The summed E-state index contributed by atoms with van der Waals surface area (Å²) < 4.78 is 10.7. The van der Waals surface area contributed by atoms with Crippen molar-refractivity contribution in [2.45, 2.75) is 25.7 Å². The first-order valence-corrected chi connectivity index (χ1v) is 7.61. The number of aldehydes is 1. The lowest BCUT2D eigenvalue weighted by molar-refractivity contribution is 0.0498. The van der Waals surface area contributed by atoms with Crippen molar-refractivity contribution in [1.82, 2.24) is 0 Å². The van der Waals surface area contributed by atoms with Gasteiger partial charge in [0.05, 0.1) is 5.56 Å². The number of hydrogen-bond donors (Lipinski definition) is 0. The summed E-state index contributed by atoms with van der Waals surface area (Å²) in [5, 5.41) is 0. The average Bonchev–Trinajstić information content (AvgIpc) is 2.55. The molecule has 22 heavy (non-hydrogen) atoms. The highest BCUT2D eigenvalue weighted by Gasteiger charge is 2.15. The van der Waals surface area contributed by atoms with Crippen LogP contribution in [0.1, 0.15) is 32.6 Å². The molecule has 0 radical (unpaired) electrons. The molecule has 3 nitrogen and oxygen atoms in total. The molecule has 0 N–H and O–H groups in total. The average molecular weight is 296 g/mol. The minimum Gasteiger partial charge on any atom is -0.467 e. The van der Waals surface area contributed by atoms with Crippen molar-refractivity contribution in [2.75, 3.05) is 13.9 Å². The van der Waals surface area contributed by atoms with Crippen LogP contribution >= 0.6 is 0 Å². The van der Waals surface area contributed by atoms with Crippen LogP contribution < -0.4 is 4.74 Å². The number of hydrogen-bond acceptors (Lipinski definition) is 3. The zero-order chi connectivity index (χ0) is 15.4. The topological polar surface area (TPSA) is 35.5 Å². The molecule has 0 saturated heterocycles. The Balaban J connectivity index is 2.03. The third-order valence-corrected chi connectivity index (χ3v) is 4.20. The summed E-state index contributed by atoms with van der Waals surface area (Å²) >= 11 is 0. The number of aryl methyl sites for hydroxylation is 4. The highest BCUT2D eigenvalue weighted by molar-refractivity contribution is 5.82. The van der Waals surface area contributed by atoms with E-state index in [-0.39, 0.29) is 6.79 Å². The van der Waals surface area contributed by atoms with Crippen LogP contribution in [0.25, 0.3) is 0 Å². The lowest BCUT2D eigenvalue weighted by Gasteiger charge is -2.17. The number of benzene rings is 2. The van der Waals surface area contributed by atoms with E-state index < -0.39 is 0 Å². The molecule has 4 aliphatic carbocycles. The molecule has 0 atom stereocenters. The van der Waals surface area contributed by atoms with Gasteiger partial charge < -0.3 is 9.47 Å². The molecule has 0 amide bonds. The Labute approximate surface area is 130 Å². The van der Waals surface area contributed by atoms with Crippen LogP contribution in [-0.4, -0.2) is 20.2 Å². The fourth-order valence-corrected chi connectivity index (χ4v) is 2.95. The summed E-state index contributed by atoms with van der Waals surface area (Å²) in [4.78, 5) is 11.6. The van der Waals surface area contributed by atoms with Crippen LogP contribution in [0.3, 0.4) is 0 Å². The van der Waals surface area contributed by atoms with Gasteiger partial charge in [-0.25, -0.2) is 0 Å². The Morgan fingerprint density at radius 3 is 2.09 bits per heavy atom. The van der Waals surface area contributed by atoms with Gasteiger partial charge in [-0.2, -0.15) is 0 Å². The minimum absolute atomic E-state index is 0.158. The largest absolute Gasteiger partial charge is 0.467 e. The van der Waals surface area contributed by atoms with Crippen LogP contribution in [0.4, 0.5) is 0 Å². The van der Waals surface area contributed by atoms with Gasteiger partial charge in [0.15, 0.2) is 13.1 Å². The Morgan fingerprint density at radius 2 is 1.50 bits per heavy atom. The van der Waals surface area contributed by atoms with Crippen molar-refractivity contribution in [3.8, 4) is 5.75 Å². The van der Waals surface area contributed by atoms with Gasteiger partial charge in [-0.3, -0.25) is 4.79 Å². The predicted molar refractivity (Wildman–Crippen MR) is 85.6 cm³/mol. The lowest BCUT2D eigenvalue weighted by atomic mass is 9.93. The van der Waals surface area contributed by atoms with E-state index in [0.717, 1.165) is 43.1 Å². The van der Waals surface area contributed by atoms with Crippen molar-refractivity contribution in [1.29, 1.82) is 0 Å². The van der Waals surface area contributed by atoms with Gasteiger partial charge >= 0.3 is 0 Å². The lowest BCUT2D eigenvalue weighted by Crippen LogP contribution is -2.09. The second-order valence-electron chi connectivity index (χ2n) is 5.61. The van der Waals surface area contributed by atoms with E-state index in [2.05, 4.69) is 36.4 Å². The molecule has 2 aromatic carbocycles. The van der Waals surface area contributed by atoms with Gasteiger partial charge in [0.1, 0.15) is 5.75 Å². The van der Waals surface area contributed by atoms with E-state index in [1.165, 1.54) is 11.1 Å². The van der Waals surface area contributed by atoms with E-state index in [4.69, 9.17) is 9.47 Å². The number of carbonyl (C=O) groups is 1. The molecule has 2 aromatic rings. The molecule has 0 aromatic heterocycles. The maximum Gasteiger partial charge on any atom is 0.188 e. The van der Waals surface area contributed by atoms with E-state index in [1.807, 2.05) is 0 Å². The van der Waals surface area contributed by atoms with Gasteiger partial charge in [-0.05, 0) is 47.9 Å². The Kier molecular flexibility index (Phi) is 4.54. The van der Waals surface area contributed by atoms with Gasteiger partial charge in [-0.15, -0.1) is 0 Å². The van der Waals surface area contributed by atoms with E-state index in [1.54, 1.807) is 7.11 Å². The molecule has 114 valence electrons. The van der Waals surface area contributed by atoms with Gasteiger partial charge in [0.2, 0.25) is 0 Å². The smallest absolute Gasteiger partial charge is 0.188 e. The third kappa shape index (κ3) is 3.04. The molecule has 0 saturated carbocycles. The van der Waals surface area contributed by atoms with Gasteiger partial charge in [-0.1, -0.05) is 36.4 Å². The molecule has 0 unspecified atom stereocenters. The summed E-state index contributed by atoms with van der Waals surface area (Å²) in [6, 6.07) is 12.9. The third-order valence-electron chi connectivity index (χ3n) is 4.20. The molecular formula is C19H20O3. The summed E-state index contributed by atoms with van der Waals surface area (Å²) in [5.74, 6) is 0.685. The monoisotopic (exact) mass is 296 g/mol. The van der Waals surface area contributed by atoms with Crippen LogP contribution in [0.2, 0.25) is 0 Å². The van der Waals surface area contributed by atoms with Crippen LogP contribution in [-0.2, 0) is 30.4 Å². The van der Waals surface area contributed by atoms with Crippen molar-refractivity contribution in [3.63, 3.8) is 0 Å². The van der Waals surface area contributed by atoms with Crippen molar-refractivity contribution in [2.24, 2.45) is 0 Å². The van der Waals surface area contributed by atoms with Crippen molar-refractivity contribution < 1.29 is 14.3 Å². The first-order chi connectivity index (χ1) is 10.8. The second kappa shape index (κ2) is 6.75. The molecule has 6 rings (SSSR count). The second-order valence-corrected chi connectivity index (χ2v) is 5.61. The molecule has 0 spiro atoms. The zero-order valence-electron chi connectivity index (χ0n) is 12.8. The summed E-state index contributed by atoms with van der Waals surface area (Å²) in [6.45, 7) is 0.158. The van der Waals surface area contributed by atoms with E-state index >= 15 is 0 Å². The van der Waals surface area contributed by atoms with Crippen LogP contribution in [0.5, 0.6) is 5.75 Å². The number of rotatable bonds is 4. The van der Waals surface area contributed by atoms with Crippen LogP contribution in [0.15, 0.2) is 36.4 Å². The van der Waals surface area contributed by atoms with E-state index in [9.17, 15) is 4.79 Å². The standard InChI is InChI=1S/C19H20O3/c1-21-13-22-19-17-9-7-15-4-2-14(3-5-15)6-8-16(10-11-17)18(19)12-20/h2-5,10-12H,6-9,13H2,1H3. The van der Waals surface area contributed by atoms with Gasteiger partial charge in [0.25, 0.3) is 0 Å². The highest BCUT2D eigenvalue weighted by Crippen LogP contribution is 2.29. The number of methoxy groups -OCH3 is 1. The minimum atomic E-state index is 0.158. The molecule has 3 heteroatoms. The molecule has 0 aliphatic heterocycles. The van der Waals surface area contributed by atoms with E-state index in [0.29, 0.717) is 11.3 Å². The summed E-state index contributed by atoms with van der Waals surface area (Å²) in [7, 11) is 1.59. The number of carbonyl (C=O) groups excluding carboxylic acids is 1. The quantitative estimate of drug-likeness (QED) is 0.641. The normalized spacial score (nSPS) is 13.5. The SMILES string of the molecule is COCOc1c2ccc(c1C=O)CCc1ccc(cc1)CC2. The predicted octanol–water partition coefficient (Wildman–Crippen LogP) is 3.37. The Bertz CT molecular complexity index is 659. The van der Waals surface area contributed by atoms with Gasteiger partial charge in [0, 0.05) is 7.11 Å². The summed E-state index contributed by atoms with van der Waals surface area (Å²) in [5.41, 5.74) is 5.37.